The van der Waals surface area contributed by atoms with Crippen LogP contribution in [-0.2, 0) is 4.74 Å². The van der Waals surface area contributed by atoms with E-state index in [1.54, 1.807) is 18.7 Å². The molecule has 2 unspecified atom stereocenters. The van der Waals surface area contributed by atoms with Crippen LogP contribution in [0.2, 0.25) is 0 Å². The van der Waals surface area contributed by atoms with Crippen LogP contribution in [0.25, 0.3) is 0 Å². The standard InChI is InChI=1S/C10H20F3N3O/c1-4-16(7(2)6-17-3)5-8(9(14)15)10(11,12)13/h7-8H,4-6H2,1-3H3,(H3,14,15). The van der Waals surface area contributed by atoms with Crippen LogP contribution >= 0.6 is 0 Å². The molecule has 0 heterocycles. The second kappa shape index (κ2) is 6.80. The van der Waals surface area contributed by atoms with Crippen LogP contribution in [0.5, 0.6) is 0 Å². The molecular formula is C10H20F3N3O. The zero-order valence-electron chi connectivity index (χ0n) is 10.3. The topological polar surface area (TPSA) is 62.3 Å². The van der Waals surface area contributed by atoms with E-state index < -0.39 is 17.9 Å². The van der Waals surface area contributed by atoms with Crippen LogP contribution in [-0.4, -0.2) is 49.8 Å². The Morgan fingerprint density at radius 3 is 2.29 bits per heavy atom. The van der Waals surface area contributed by atoms with E-state index in [1.165, 1.54) is 7.11 Å². The zero-order valence-corrected chi connectivity index (χ0v) is 10.3. The molecule has 3 N–H and O–H groups in total. The highest BCUT2D eigenvalue weighted by Crippen LogP contribution is 2.27. The summed E-state index contributed by atoms with van der Waals surface area (Å²) < 4.78 is 42.8. The van der Waals surface area contributed by atoms with Crippen molar-refractivity contribution in [1.29, 1.82) is 5.41 Å². The maximum atomic E-state index is 12.6. The maximum absolute atomic E-state index is 12.6. The Labute approximate surface area is 99.4 Å². The molecule has 0 aliphatic heterocycles. The quantitative estimate of drug-likeness (QED) is 0.534. The number of halogens is 3. The predicted molar refractivity (Wildman–Crippen MR) is 60.0 cm³/mol. The maximum Gasteiger partial charge on any atom is 0.399 e. The van der Waals surface area contributed by atoms with E-state index in [9.17, 15) is 13.2 Å². The van der Waals surface area contributed by atoms with Crippen molar-refractivity contribution in [2.24, 2.45) is 11.7 Å². The van der Waals surface area contributed by atoms with E-state index >= 15 is 0 Å². The molecule has 0 bridgehead atoms. The fraction of sp³-hybridized carbons (Fsp3) is 0.900. The van der Waals surface area contributed by atoms with Crippen molar-refractivity contribution in [2.45, 2.75) is 26.1 Å². The molecule has 0 aliphatic rings. The van der Waals surface area contributed by atoms with Gasteiger partial charge in [-0.25, -0.2) is 0 Å². The molecule has 0 radical (unpaired) electrons. The highest BCUT2D eigenvalue weighted by molar-refractivity contribution is 5.80. The Hall–Kier alpha value is -0.820. The molecule has 0 aromatic heterocycles. The van der Waals surface area contributed by atoms with Gasteiger partial charge in [-0.15, -0.1) is 0 Å². The second-order valence-corrected chi connectivity index (χ2v) is 3.94. The molecule has 17 heavy (non-hydrogen) atoms. The van der Waals surface area contributed by atoms with Gasteiger partial charge in [0.1, 0.15) is 11.8 Å². The Bertz CT molecular complexity index is 245. The van der Waals surface area contributed by atoms with E-state index in [0.29, 0.717) is 13.2 Å². The Balaban J connectivity index is 4.66. The largest absolute Gasteiger partial charge is 0.399 e. The Kier molecular flexibility index (Phi) is 6.48. The van der Waals surface area contributed by atoms with E-state index in [2.05, 4.69) is 0 Å². The van der Waals surface area contributed by atoms with Crippen molar-refractivity contribution in [3.63, 3.8) is 0 Å². The third-order valence-electron chi connectivity index (χ3n) is 2.63. The number of rotatable bonds is 7. The highest BCUT2D eigenvalue weighted by atomic mass is 19.4. The van der Waals surface area contributed by atoms with Crippen LogP contribution in [0.3, 0.4) is 0 Å². The lowest BCUT2D eigenvalue weighted by Crippen LogP contribution is -2.47. The first-order valence-corrected chi connectivity index (χ1v) is 5.37. The lowest BCUT2D eigenvalue weighted by atomic mass is 10.1. The lowest BCUT2D eigenvalue weighted by molar-refractivity contribution is -0.161. The average molecular weight is 255 g/mol. The van der Waals surface area contributed by atoms with Crippen LogP contribution in [0, 0.1) is 11.3 Å². The van der Waals surface area contributed by atoms with Crippen LogP contribution in [0.15, 0.2) is 0 Å². The molecule has 0 fully saturated rings. The molecule has 0 rings (SSSR count). The minimum Gasteiger partial charge on any atom is -0.387 e. The number of methoxy groups -OCH3 is 1. The minimum absolute atomic E-state index is 0.144. The van der Waals surface area contributed by atoms with Gasteiger partial charge in [0.25, 0.3) is 0 Å². The average Bonchev–Trinajstić information content (AvgIpc) is 2.16. The number of nitrogens with two attached hydrogens (primary N) is 1. The zero-order chi connectivity index (χ0) is 13.6. The normalized spacial score (nSPS) is 15.9. The molecule has 0 aromatic carbocycles. The fourth-order valence-corrected chi connectivity index (χ4v) is 1.58. The monoisotopic (exact) mass is 255 g/mol. The number of nitrogens with one attached hydrogen (secondary N) is 1. The van der Waals surface area contributed by atoms with Gasteiger partial charge in [-0.3, -0.25) is 10.3 Å². The van der Waals surface area contributed by atoms with Crippen molar-refractivity contribution in [3.8, 4) is 0 Å². The molecular weight excluding hydrogens is 235 g/mol. The Morgan fingerprint density at radius 1 is 1.47 bits per heavy atom. The summed E-state index contributed by atoms with van der Waals surface area (Å²) >= 11 is 0. The van der Waals surface area contributed by atoms with Gasteiger partial charge in [-0.05, 0) is 13.5 Å². The van der Waals surface area contributed by atoms with Gasteiger partial charge in [0.05, 0.1) is 6.61 Å². The fourth-order valence-electron chi connectivity index (χ4n) is 1.58. The molecule has 0 saturated carbocycles. The molecule has 0 amide bonds. The van der Waals surface area contributed by atoms with Crippen molar-refractivity contribution in [2.75, 3.05) is 26.8 Å². The summed E-state index contributed by atoms with van der Waals surface area (Å²) in [5, 5.41) is 7.02. The number of alkyl halides is 3. The predicted octanol–water partition coefficient (Wildman–Crippen LogP) is 1.46. The van der Waals surface area contributed by atoms with Gasteiger partial charge in [-0.2, -0.15) is 13.2 Å². The van der Waals surface area contributed by atoms with E-state index in [1.807, 2.05) is 0 Å². The molecule has 4 nitrogen and oxygen atoms in total. The van der Waals surface area contributed by atoms with Gasteiger partial charge in [0.2, 0.25) is 0 Å². The van der Waals surface area contributed by atoms with Crippen LogP contribution in [0.4, 0.5) is 13.2 Å². The summed E-state index contributed by atoms with van der Waals surface area (Å²) in [6.45, 7) is 4.03. The third kappa shape index (κ3) is 5.36. The molecule has 0 aliphatic carbocycles. The number of hydrogen-bond donors (Lipinski definition) is 2. The molecule has 0 saturated heterocycles. The molecule has 2 atom stereocenters. The number of amidine groups is 1. The highest BCUT2D eigenvalue weighted by Gasteiger charge is 2.43. The van der Waals surface area contributed by atoms with E-state index in [0.717, 1.165) is 0 Å². The van der Waals surface area contributed by atoms with Gasteiger partial charge in [0.15, 0.2) is 0 Å². The number of likely N-dealkylation sites (N-methyl/N-ethyl adjacent to an activating group) is 1. The number of hydrogen-bond acceptors (Lipinski definition) is 3. The summed E-state index contributed by atoms with van der Waals surface area (Å²) in [5.74, 6) is -2.76. The first-order chi connectivity index (χ1) is 7.73. The molecule has 7 heteroatoms. The van der Waals surface area contributed by atoms with Crippen molar-refractivity contribution in [1.82, 2.24) is 4.90 Å². The Morgan fingerprint density at radius 2 is 2.00 bits per heavy atom. The van der Waals surface area contributed by atoms with Crippen molar-refractivity contribution < 1.29 is 17.9 Å². The second-order valence-electron chi connectivity index (χ2n) is 3.94. The van der Waals surface area contributed by atoms with Crippen LogP contribution < -0.4 is 5.73 Å². The molecule has 0 aromatic rings. The summed E-state index contributed by atoms with van der Waals surface area (Å²) in [7, 11) is 1.50. The molecule has 102 valence electrons. The van der Waals surface area contributed by atoms with Gasteiger partial charge < -0.3 is 10.5 Å². The first-order valence-electron chi connectivity index (χ1n) is 5.37. The van der Waals surface area contributed by atoms with E-state index in [-0.39, 0.29) is 12.6 Å². The lowest BCUT2D eigenvalue weighted by Gasteiger charge is -2.31. The number of ether oxygens (including phenoxy) is 1. The third-order valence-corrected chi connectivity index (χ3v) is 2.63. The van der Waals surface area contributed by atoms with Crippen molar-refractivity contribution in [3.05, 3.63) is 0 Å². The van der Waals surface area contributed by atoms with Crippen molar-refractivity contribution >= 4 is 5.84 Å². The SMILES string of the molecule is CCN(CC(C(=N)N)C(F)(F)F)C(C)COC. The van der Waals surface area contributed by atoms with E-state index in [4.69, 9.17) is 15.9 Å². The summed E-state index contributed by atoms with van der Waals surface area (Å²) in [6, 6.07) is -0.144. The minimum atomic E-state index is -4.48. The number of nitrogens with zero attached hydrogens (tertiary/aromatic N) is 1. The first kappa shape index (κ1) is 16.2. The van der Waals surface area contributed by atoms with Gasteiger partial charge in [0, 0.05) is 19.7 Å². The smallest absolute Gasteiger partial charge is 0.387 e. The summed E-state index contributed by atoms with van der Waals surface area (Å²) in [5.41, 5.74) is 5.01. The van der Waals surface area contributed by atoms with Gasteiger partial charge >= 0.3 is 6.18 Å². The summed E-state index contributed by atoms with van der Waals surface area (Å²) in [6.07, 6.45) is -4.48. The van der Waals surface area contributed by atoms with Crippen LogP contribution in [0.1, 0.15) is 13.8 Å². The molecule has 0 spiro atoms. The van der Waals surface area contributed by atoms with Gasteiger partial charge in [-0.1, -0.05) is 6.92 Å². The summed E-state index contributed by atoms with van der Waals surface area (Å²) in [4.78, 5) is 1.60.